The molecular weight excluding hydrogens is 328 g/mol. The summed E-state index contributed by atoms with van der Waals surface area (Å²) >= 11 is 3.46. The van der Waals surface area contributed by atoms with Crippen LogP contribution in [0.4, 0.5) is 5.69 Å². The number of para-hydroxylation sites is 1. The van der Waals surface area contributed by atoms with Gasteiger partial charge in [-0.2, -0.15) is 0 Å². The van der Waals surface area contributed by atoms with Gasteiger partial charge in [0.05, 0.1) is 5.56 Å². The molecule has 0 atom stereocenters. The lowest BCUT2D eigenvalue weighted by Crippen LogP contribution is -2.12. The standard InChI is InChI=1S/C17H15BrN2O/c1-2-11-9-12(18)7-8-15(11)20-17(21)14-10-19-16-6-4-3-5-13(14)16/h3-10,19H,2H2,1H3,(H,20,21). The summed E-state index contributed by atoms with van der Waals surface area (Å²) in [7, 11) is 0. The van der Waals surface area contributed by atoms with Crippen LogP contribution >= 0.6 is 15.9 Å². The Morgan fingerprint density at radius 3 is 2.86 bits per heavy atom. The summed E-state index contributed by atoms with van der Waals surface area (Å²) in [4.78, 5) is 15.6. The van der Waals surface area contributed by atoms with Gasteiger partial charge < -0.3 is 10.3 Å². The first-order chi connectivity index (χ1) is 10.2. The molecule has 21 heavy (non-hydrogen) atoms. The maximum absolute atomic E-state index is 12.5. The summed E-state index contributed by atoms with van der Waals surface area (Å²) in [5, 5.41) is 3.94. The fourth-order valence-corrected chi connectivity index (χ4v) is 2.83. The maximum atomic E-state index is 12.5. The van der Waals surface area contributed by atoms with Gasteiger partial charge in [0.2, 0.25) is 0 Å². The van der Waals surface area contributed by atoms with Gasteiger partial charge in [-0.15, -0.1) is 0 Å². The number of amides is 1. The molecule has 3 nitrogen and oxygen atoms in total. The van der Waals surface area contributed by atoms with Crippen molar-refractivity contribution in [3.05, 3.63) is 64.3 Å². The van der Waals surface area contributed by atoms with Crippen LogP contribution in [-0.2, 0) is 6.42 Å². The van der Waals surface area contributed by atoms with Crippen molar-refractivity contribution in [2.75, 3.05) is 5.32 Å². The molecule has 1 amide bonds. The molecule has 3 rings (SSSR count). The Bertz CT molecular complexity index is 807. The summed E-state index contributed by atoms with van der Waals surface area (Å²) < 4.78 is 1.02. The van der Waals surface area contributed by atoms with Crippen molar-refractivity contribution < 1.29 is 4.79 Å². The summed E-state index contributed by atoms with van der Waals surface area (Å²) in [5.41, 5.74) is 3.60. The van der Waals surface area contributed by atoms with Crippen LogP contribution in [0.5, 0.6) is 0 Å². The highest BCUT2D eigenvalue weighted by Gasteiger charge is 2.13. The number of rotatable bonds is 3. The van der Waals surface area contributed by atoms with Crippen LogP contribution in [0, 0.1) is 0 Å². The highest BCUT2D eigenvalue weighted by molar-refractivity contribution is 9.10. The molecule has 2 N–H and O–H groups in total. The highest BCUT2D eigenvalue weighted by atomic mass is 79.9. The van der Waals surface area contributed by atoms with E-state index in [4.69, 9.17) is 0 Å². The lowest BCUT2D eigenvalue weighted by atomic mass is 10.1. The van der Waals surface area contributed by atoms with Gasteiger partial charge in [-0.1, -0.05) is 41.1 Å². The van der Waals surface area contributed by atoms with Crippen LogP contribution in [0.25, 0.3) is 10.9 Å². The third kappa shape index (κ3) is 2.72. The number of hydrogen-bond acceptors (Lipinski definition) is 1. The molecule has 0 aliphatic carbocycles. The quantitative estimate of drug-likeness (QED) is 0.709. The summed E-state index contributed by atoms with van der Waals surface area (Å²) in [6.45, 7) is 2.07. The van der Waals surface area contributed by atoms with E-state index >= 15 is 0 Å². The van der Waals surface area contributed by atoms with Crippen LogP contribution in [0.15, 0.2) is 53.1 Å². The van der Waals surface area contributed by atoms with E-state index < -0.39 is 0 Å². The number of halogens is 1. The molecule has 4 heteroatoms. The van der Waals surface area contributed by atoms with Gasteiger partial charge in [0.15, 0.2) is 0 Å². The first-order valence-electron chi connectivity index (χ1n) is 6.85. The van der Waals surface area contributed by atoms with Crippen molar-refractivity contribution in [3.63, 3.8) is 0 Å². The molecule has 0 unspecified atom stereocenters. The molecular formula is C17H15BrN2O. The van der Waals surface area contributed by atoms with Gasteiger partial charge >= 0.3 is 0 Å². The number of fused-ring (bicyclic) bond motifs is 1. The Balaban J connectivity index is 1.93. The maximum Gasteiger partial charge on any atom is 0.257 e. The minimum atomic E-state index is -0.0931. The fourth-order valence-electron chi connectivity index (χ4n) is 2.43. The van der Waals surface area contributed by atoms with E-state index in [9.17, 15) is 4.79 Å². The number of aromatic amines is 1. The van der Waals surface area contributed by atoms with E-state index in [0.29, 0.717) is 5.56 Å². The molecule has 0 radical (unpaired) electrons. The highest BCUT2D eigenvalue weighted by Crippen LogP contribution is 2.24. The lowest BCUT2D eigenvalue weighted by molar-refractivity contribution is 0.102. The number of anilines is 1. The Hall–Kier alpha value is -2.07. The van der Waals surface area contributed by atoms with E-state index in [2.05, 4.69) is 33.2 Å². The fraction of sp³-hybridized carbons (Fsp3) is 0.118. The van der Waals surface area contributed by atoms with E-state index in [0.717, 1.165) is 33.0 Å². The van der Waals surface area contributed by atoms with Crippen LogP contribution in [0.2, 0.25) is 0 Å². The van der Waals surface area contributed by atoms with Gasteiger partial charge in [-0.3, -0.25) is 4.79 Å². The SMILES string of the molecule is CCc1cc(Br)ccc1NC(=O)c1c[nH]c2ccccc12. The van der Waals surface area contributed by atoms with Gasteiger partial charge in [-0.05, 0) is 36.2 Å². The number of aryl methyl sites for hydroxylation is 1. The van der Waals surface area contributed by atoms with Crippen molar-refractivity contribution in [2.24, 2.45) is 0 Å². The third-order valence-electron chi connectivity index (χ3n) is 3.53. The molecule has 0 fully saturated rings. The van der Waals surface area contributed by atoms with Crippen molar-refractivity contribution in [2.45, 2.75) is 13.3 Å². The van der Waals surface area contributed by atoms with Crippen LogP contribution in [-0.4, -0.2) is 10.9 Å². The van der Waals surface area contributed by atoms with Crippen molar-refractivity contribution in [1.82, 2.24) is 4.98 Å². The Labute approximate surface area is 131 Å². The number of aromatic nitrogens is 1. The van der Waals surface area contributed by atoms with E-state index in [1.165, 1.54) is 0 Å². The lowest BCUT2D eigenvalue weighted by Gasteiger charge is -2.10. The predicted molar refractivity (Wildman–Crippen MR) is 89.8 cm³/mol. The number of carbonyl (C=O) groups is 1. The topological polar surface area (TPSA) is 44.9 Å². The molecule has 0 spiro atoms. The molecule has 1 aromatic heterocycles. The number of carbonyl (C=O) groups excluding carboxylic acids is 1. The average Bonchev–Trinajstić information content (AvgIpc) is 2.93. The van der Waals surface area contributed by atoms with Gasteiger partial charge in [-0.25, -0.2) is 0 Å². The largest absolute Gasteiger partial charge is 0.360 e. The minimum Gasteiger partial charge on any atom is -0.360 e. The van der Waals surface area contributed by atoms with E-state index in [-0.39, 0.29) is 5.91 Å². The Kier molecular flexibility index (Phi) is 3.80. The second-order valence-corrected chi connectivity index (χ2v) is 5.77. The van der Waals surface area contributed by atoms with Crippen LogP contribution in [0.1, 0.15) is 22.8 Å². The summed E-state index contributed by atoms with van der Waals surface area (Å²) in [6.07, 6.45) is 2.62. The second kappa shape index (κ2) is 5.74. The summed E-state index contributed by atoms with van der Waals surface area (Å²) in [6, 6.07) is 13.7. The van der Waals surface area contributed by atoms with Gasteiger partial charge in [0.1, 0.15) is 0 Å². The van der Waals surface area contributed by atoms with Crippen molar-refractivity contribution in [1.29, 1.82) is 0 Å². The molecule has 0 saturated heterocycles. The van der Waals surface area contributed by atoms with Crippen LogP contribution in [0.3, 0.4) is 0 Å². The molecule has 106 valence electrons. The molecule has 0 bridgehead atoms. The van der Waals surface area contributed by atoms with Gasteiger partial charge in [0.25, 0.3) is 5.91 Å². The number of hydrogen-bond donors (Lipinski definition) is 2. The zero-order valence-corrected chi connectivity index (χ0v) is 13.2. The monoisotopic (exact) mass is 342 g/mol. The zero-order chi connectivity index (χ0) is 14.8. The zero-order valence-electron chi connectivity index (χ0n) is 11.6. The number of nitrogens with one attached hydrogen (secondary N) is 2. The Morgan fingerprint density at radius 2 is 2.05 bits per heavy atom. The van der Waals surface area contributed by atoms with Crippen LogP contribution < -0.4 is 5.32 Å². The van der Waals surface area contributed by atoms with E-state index in [1.807, 2.05) is 42.5 Å². The predicted octanol–water partition coefficient (Wildman–Crippen LogP) is 4.75. The van der Waals surface area contributed by atoms with Gasteiger partial charge in [0, 0.05) is 27.3 Å². The third-order valence-corrected chi connectivity index (χ3v) is 4.02. The second-order valence-electron chi connectivity index (χ2n) is 4.86. The molecule has 3 aromatic rings. The van der Waals surface area contributed by atoms with Crippen molar-refractivity contribution in [3.8, 4) is 0 Å². The smallest absolute Gasteiger partial charge is 0.257 e. The molecule has 0 aliphatic rings. The number of H-pyrrole nitrogens is 1. The molecule has 0 aliphatic heterocycles. The molecule has 0 saturated carbocycles. The Morgan fingerprint density at radius 1 is 1.24 bits per heavy atom. The normalized spacial score (nSPS) is 10.8. The minimum absolute atomic E-state index is 0.0931. The first-order valence-corrected chi connectivity index (χ1v) is 7.64. The van der Waals surface area contributed by atoms with E-state index in [1.54, 1.807) is 6.20 Å². The first kappa shape index (κ1) is 13.9. The molecule has 2 aromatic carbocycles. The average molecular weight is 343 g/mol. The molecule has 1 heterocycles. The number of benzene rings is 2. The van der Waals surface area contributed by atoms with Crippen molar-refractivity contribution >= 4 is 38.4 Å². The summed E-state index contributed by atoms with van der Waals surface area (Å²) in [5.74, 6) is -0.0931.